The summed E-state index contributed by atoms with van der Waals surface area (Å²) in [7, 11) is 1.56. The van der Waals surface area contributed by atoms with Crippen molar-refractivity contribution in [1.82, 2.24) is 16.0 Å². The van der Waals surface area contributed by atoms with Gasteiger partial charge in [-0.15, -0.1) is 0 Å². The minimum absolute atomic E-state index is 0.145. The molecular weight excluding hydrogens is 357 g/mol. The Balaban J connectivity index is 1.94. The molecule has 1 aromatic carbocycles. The van der Waals surface area contributed by atoms with Crippen LogP contribution in [-0.2, 0) is 4.74 Å². The van der Waals surface area contributed by atoms with Gasteiger partial charge in [-0.2, -0.15) is 13.2 Å². The monoisotopic (exact) mass is 386 g/mol. The maximum absolute atomic E-state index is 12.3. The number of halogens is 3. The number of nitrogens with one attached hydrogen (secondary N) is 3. The molecule has 1 saturated heterocycles. The van der Waals surface area contributed by atoms with E-state index in [1.807, 2.05) is 18.2 Å². The van der Waals surface area contributed by atoms with Gasteiger partial charge >= 0.3 is 6.18 Å². The zero-order valence-corrected chi connectivity index (χ0v) is 15.9. The third-order valence-corrected chi connectivity index (χ3v) is 4.79. The first kappa shape index (κ1) is 21.5. The number of ether oxygens (including phenoxy) is 1. The Morgan fingerprint density at radius 3 is 2.44 bits per heavy atom. The first-order chi connectivity index (χ1) is 12.8. The SMILES string of the molecule is CN=C(NCCC(F)(F)F)NCC1(NC(C)c2ccccc2)CCOCC1. The summed E-state index contributed by atoms with van der Waals surface area (Å²) < 4.78 is 42.5. The van der Waals surface area contributed by atoms with Crippen LogP contribution >= 0.6 is 0 Å². The lowest BCUT2D eigenvalue weighted by molar-refractivity contribution is -0.132. The molecule has 1 fully saturated rings. The number of hydrogen-bond acceptors (Lipinski definition) is 3. The van der Waals surface area contributed by atoms with E-state index in [4.69, 9.17) is 4.74 Å². The van der Waals surface area contributed by atoms with Crippen molar-refractivity contribution in [2.45, 2.75) is 43.9 Å². The molecule has 1 aromatic rings. The van der Waals surface area contributed by atoms with Gasteiger partial charge < -0.3 is 20.7 Å². The third-order valence-electron chi connectivity index (χ3n) is 4.79. The molecule has 2 rings (SSSR count). The Bertz CT molecular complexity index is 586. The van der Waals surface area contributed by atoms with Gasteiger partial charge in [-0.25, -0.2) is 0 Å². The molecule has 1 aliphatic rings. The number of rotatable bonds is 7. The highest BCUT2D eigenvalue weighted by Gasteiger charge is 2.34. The zero-order valence-electron chi connectivity index (χ0n) is 15.9. The van der Waals surface area contributed by atoms with Crippen LogP contribution in [0.3, 0.4) is 0 Å². The second-order valence-electron chi connectivity index (χ2n) is 6.89. The van der Waals surface area contributed by atoms with Gasteiger partial charge in [-0.05, 0) is 25.3 Å². The van der Waals surface area contributed by atoms with Gasteiger partial charge in [0, 0.05) is 44.9 Å². The lowest BCUT2D eigenvalue weighted by atomic mass is 9.88. The van der Waals surface area contributed by atoms with E-state index >= 15 is 0 Å². The second kappa shape index (κ2) is 9.94. The highest BCUT2D eigenvalue weighted by atomic mass is 19.4. The van der Waals surface area contributed by atoms with E-state index in [0.717, 1.165) is 12.8 Å². The van der Waals surface area contributed by atoms with Crippen LogP contribution in [0.2, 0.25) is 0 Å². The molecule has 1 heterocycles. The largest absolute Gasteiger partial charge is 0.390 e. The molecule has 0 saturated carbocycles. The first-order valence-electron chi connectivity index (χ1n) is 9.25. The van der Waals surface area contributed by atoms with Crippen LogP contribution in [0, 0.1) is 0 Å². The molecule has 0 spiro atoms. The van der Waals surface area contributed by atoms with Crippen LogP contribution in [0.1, 0.15) is 37.8 Å². The summed E-state index contributed by atoms with van der Waals surface area (Å²) in [5, 5.41) is 9.61. The Morgan fingerprint density at radius 1 is 1.19 bits per heavy atom. The van der Waals surface area contributed by atoms with Gasteiger partial charge in [0.25, 0.3) is 0 Å². The van der Waals surface area contributed by atoms with Crippen molar-refractivity contribution in [2.24, 2.45) is 4.99 Å². The Morgan fingerprint density at radius 2 is 1.85 bits per heavy atom. The minimum Gasteiger partial charge on any atom is -0.381 e. The lowest BCUT2D eigenvalue weighted by Gasteiger charge is -2.41. The molecule has 0 bridgehead atoms. The van der Waals surface area contributed by atoms with Gasteiger partial charge in [0.1, 0.15) is 0 Å². The summed E-state index contributed by atoms with van der Waals surface area (Å²) >= 11 is 0. The molecule has 0 aromatic heterocycles. The van der Waals surface area contributed by atoms with Crippen molar-refractivity contribution in [3.8, 4) is 0 Å². The van der Waals surface area contributed by atoms with Crippen LogP contribution in [0.15, 0.2) is 35.3 Å². The minimum atomic E-state index is -4.18. The molecule has 3 N–H and O–H groups in total. The summed E-state index contributed by atoms with van der Waals surface area (Å²) in [4.78, 5) is 4.03. The summed E-state index contributed by atoms with van der Waals surface area (Å²) in [6.07, 6.45) is -3.44. The number of nitrogens with zero attached hydrogens (tertiary/aromatic N) is 1. The first-order valence-corrected chi connectivity index (χ1v) is 9.25. The molecule has 1 unspecified atom stereocenters. The fraction of sp³-hybridized carbons (Fsp3) is 0.632. The smallest absolute Gasteiger partial charge is 0.381 e. The van der Waals surface area contributed by atoms with Crippen molar-refractivity contribution < 1.29 is 17.9 Å². The third kappa shape index (κ3) is 7.38. The Hall–Kier alpha value is -1.80. The number of benzene rings is 1. The molecule has 0 amide bonds. The van der Waals surface area contributed by atoms with E-state index in [2.05, 4.69) is 40.0 Å². The molecule has 1 aliphatic heterocycles. The van der Waals surface area contributed by atoms with E-state index in [1.165, 1.54) is 5.56 Å². The van der Waals surface area contributed by atoms with Gasteiger partial charge in [0.15, 0.2) is 5.96 Å². The number of aliphatic imine (C=N–C) groups is 1. The summed E-state index contributed by atoms with van der Waals surface area (Å²) in [6, 6.07) is 10.3. The maximum atomic E-state index is 12.3. The van der Waals surface area contributed by atoms with Gasteiger partial charge in [0.2, 0.25) is 0 Å². The fourth-order valence-electron chi connectivity index (χ4n) is 3.21. The summed E-state index contributed by atoms with van der Waals surface area (Å²) in [5.41, 5.74) is 0.978. The molecule has 27 heavy (non-hydrogen) atoms. The van der Waals surface area contributed by atoms with Crippen LogP contribution in [-0.4, -0.2) is 51.0 Å². The molecule has 0 aliphatic carbocycles. The normalized spacial score (nSPS) is 18.8. The van der Waals surface area contributed by atoms with Gasteiger partial charge in [-0.1, -0.05) is 30.3 Å². The average Bonchev–Trinajstić information content (AvgIpc) is 2.65. The highest BCUT2D eigenvalue weighted by Crippen LogP contribution is 2.25. The maximum Gasteiger partial charge on any atom is 0.390 e. The van der Waals surface area contributed by atoms with E-state index in [-0.39, 0.29) is 18.1 Å². The molecule has 0 radical (unpaired) electrons. The number of guanidine groups is 1. The summed E-state index contributed by atoms with van der Waals surface area (Å²) in [6.45, 7) is 3.77. The lowest BCUT2D eigenvalue weighted by Crippen LogP contribution is -2.58. The second-order valence-corrected chi connectivity index (χ2v) is 6.89. The predicted octanol–water partition coefficient (Wildman–Crippen LogP) is 3.00. The van der Waals surface area contributed by atoms with Crippen molar-refractivity contribution in [1.29, 1.82) is 0 Å². The van der Waals surface area contributed by atoms with Gasteiger partial charge in [-0.3, -0.25) is 4.99 Å². The fourth-order valence-corrected chi connectivity index (χ4v) is 3.21. The average molecular weight is 386 g/mol. The quantitative estimate of drug-likeness (QED) is 0.498. The van der Waals surface area contributed by atoms with Crippen LogP contribution < -0.4 is 16.0 Å². The van der Waals surface area contributed by atoms with Crippen LogP contribution in [0.5, 0.6) is 0 Å². The van der Waals surface area contributed by atoms with E-state index in [9.17, 15) is 13.2 Å². The summed E-state index contributed by atoms with van der Waals surface area (Å²) in [5.74, 6) is 0.374. The predicted molar refractivity (Wildman–Crippen MR) is 101 cm³/mol. The topological polar surface area (TPSA) is 57.7 Å². The molecule has 8 heteroatoms. The molecule has 152 valence electrons. The molecular formula is C19H29F3N4O. The standard InChI is InChI=1S/C19H29F3N4O/c1-15(16-6-4-3-5-7-16)26-18(9-12-27-13-10-18)14-25-17(23-2)24-11-8-19(20,21)22/h3-7,15,26H,8-14H2,1-2H3,(H2,23,24,25). The Kier molecular flexibility index (Phi) is 7.91. The van der Waals surface area contributed by atoms with E-state index in [1.54, 1.807) is 7.05 Å². The van der Waals surface area contributed by atoms with Crippen LogP contribution in [0.4, 0.5) is 13.2 Å². The van der Waals surface area contributed by atoms with Crippen molar-refractivity contribution in [3.63, 3.8) is 0 Å². The van der Waals surface area contributed by atoms with Crippen molar-refractivity contribution >= 4 is 5.96 Å². The molecule has 1 atom stereocenters. The van der Waals surface area contributed by atoms with E-state index in [0.29, 0.717) is 25.7 Å². The van der Waals surface area contributed by atoms with Crippen LogP contribution in [0.25, 0.3) is 0 Å². The van der Waals surface area contributed by atoms with Gasteiger partial charge in [0.05, 0.1) is 6.42 Å². The van der Waals surface area contributed by atoms with Crippen molar-refractivity contribution in [3.05, 3.63) is 35.9 Å². The Labute approximate surface area is 158 Å². The molecule has 5 nitrogen and oxygen atoms in total. The zero-order chi connectivity index (χ0) is 19.8. The van der Waals surface area contributed by atoms with Crippen molar-refractivity contribution in [2.75, 3.05) is 33.4 Å². The number of alkyl halides is 3. The highest BCUT2D eigenvalue weighted by molar-refractivity contribution is 5.79. The van der Waals surface area contributed by atoms with E-state index < -0.39 is 12.6 Å². The number of hydrogen-bond donors (Lipinski definition) is 3.